The molecule has 0 saturated heterocycles. The Morgan fingerprint density at radius 1 is 1.50 bits per heavy atom. The number of carbonyl (C=O) groups is 1. The summed E-state index contributed by atoms with van der Waals surface area (Å²) >= 11 is 4.21. The van der Waals surface area contributed by atoms with E-state index in [1.165, 1.54) is 5.56 Å². The van der Waals surface area contributed by atoms with Crippen LogP contribution in [0.2, 0.25) is 0 Å². The Kier molecular flexibility index (Phi) is 3.51. The Hall–Kier alpha value is -1.00. The van der Waals surface area contributed by atoms with Crippen molar-refractivity contribution < 1.29 is 4.79 Å². The SMILES string of the molecule is CN(CS)CCc1ccc2c(c1)CC(=O)N2. The van der Waals surface area contributed by atoms with Crippen LogP contribution in [0.15, 0.2) is 18.2 Å². The Morgan fingerprint density at radius 2 is 2.31 bits per heavy atom. The van der Waals surface area contributed by atoms with Gasteiger partial charge in [0.25, 0.3) is 0 Å². The van der Waals surface area contributed by atoms with Gasteiger partial charge in [0.15, 0.2) is 0 Å². The number of nitrogens with zero attached hydrogens (tertiary/aromatic N) is 1. The zero-order valence-corrected chi connectivity index (χ0v) is 10.3. The molecule has 16 heavy (non-hydrogen) atoms. The van der Waals surface area contributed by atoms with Crippen molar-refractivity contribution >= 4 is 24.2 Å². The number of fused-ring (bicyclic) bond motifs is 1. The molecule has 1 amide bonds. The maximum absolute atomic E-state index is 11.2. The van der Waals surface area contributed by atoms with E-state index in [1.54, 1.807) is 0 Å². The fourth-order valence-electron chi connectivity index (χ4n) is 1.83. The summed E-state index contributed by atoms with van der Waals surface area (Å²) in [5, 5.41) is 2.84. The number of amides is 1. The fraction of sp³-hybridized carbons (Fsp3) is 0.417. The van der Waals surface area contributed by atoms with Crippen molar-refractivity contribution in [2.24, 2.45) is 0 Å². The lowest BCUT2D eigenvalue weighted by atomic mass is 10.1. The molecule has 0 aliphatic carbocycles. The number of hydrogen-bond acceptors (Lipinski definition) is 3. The average molecular weight is 236 g/mol. The van der Waals surface area contributed by atoms with Crippen LogP contribution in [0.25, 0.3) is 0 Å². The van der Waals surface area contributed by atoms with E-state index in [2.05, 4.69) is 35.0 Å². The molecule has 1 heterocycles. The van der Waals surface area contributed by atoms with Crippen molar-refractivity contribution in [1.82, 2.24) is 4.90 Å². The van der Waals surface area contributed by atoms with Gasteiger partial charge < -0.3 is 5.32 Å². The Labute approximate surface area is 101 Å². The zero-order valence-electron chi connectivity index (χ0n) is 9.36. The minimum Gasteiger partial charge on any atom is -0.326 e. The van der Waals surface area contributed by atoms with Crippen LogP contribution in [0.1, 0.15) is 11.1 Å². The largest absolute Gasteiger partial charge is 0.326 e. The number of carbonyl (C=O) groups excluding carboxylic acids is 1. The first-order chi connectivity index (χ1) is 7.69. The fourth-order valence-corrected chi connectivity index (χ4v) is 1.97. The number of thiol groups is 1. The van der Waals surface area contributed by atoms with E-state index in [4.69, 9.17) is 0 Å². The van der Waals surface area contributed by atoms with Gasteiger partial charge in [0, 0.05) is 18.1 Å². The first-order valence-electron chi connectivity index (χ1n) is 5.40. The van der Waals surface area contributed by atoms with Gasteiger partial charge in [-0.1, -0.05) is 12.1 Å². The first-order valence-corrected chi connectivity index (χ1v) is 6.03. The molecule has 1 aromatic rings. The summed E-state index contributed by atoms with van der Waals surface area (Å²) in [6.45, 7) is 0.990. The van der Waals surface area contributed by atoms with Gasteiger partial charge in [0.2, 0.25) is 5.91 Å². The Bertz CT molecular complexity index is 406. The quantitative estimate of drug-likeness (QED) is 0.614. The van der Waals surface area contributed by atoms with Crippen LogP contribution in [-0.2, 0) is 17.6 Å². The second kappa shape index (κ2) is 4.89. The number of likely N-dealkylation sites (N-methyl/N-ethyl adjacent to an activating group) is 1. The molecule has 0 saturated carbocycles. The van der Waals surface area contributed by atoms with Crippen LogP contribution in [0.4, 0.5) is 5.69 Å². The lowest BCUT2D eigenvalue weighted by molar-refractivity contribution is -0.115. The van der Waals surface area contributed by atoms with E-state index in [0.29, 0.717) is 6.42 Å². The number of anilines is 1. The van der Waals surface area contributed by atoms with Crippen molar-refractivity contribution in [3.63, 3.8) is 0 Å². The topological polar surface area (TPSA) is 32.3 Å². The summed E-state index contributed by atoms with van der Waals surface area (Å²) in [5.41, 5.74) is 3.37. The molecule has 2 rings (SSSR count). The lowest BCUT2D eigenvalue weighted by Crippen LogP contribution is -2.19. The summed E-state index contributed by atoms with van der Waals surface area (Å²) in [7, 11) is 2.05. The number of rotatable bonds is 4. The minimum absolute atomic E-state index is 0.0969. The highest BCUT2D eigenvalue weighted by molar-refractivity contribution is 7.80. The highest BCUT2D eigenvalue weighted by atomic mass is 32.1. The first kappa shape index (κ1) is 11.5. The van der Waals surface area contributed by atoms with Crippen LogP contribution in [0, 0.1) is 0 Å². The van der Waals surface area contributed by atoms with Gasteiger partial charge in [-0.15, -0.1) is 0 Å². The third-order valence-corrected chi connectivity index (χ3v) is 3.30. The van der Waals surface area contributed by atoms with Crippen molar-refractivity contribution in [3.8, 4) is 0 Å². The molecule has 0 spiro atoms. The van der Waals surface area contributed by atoms with Gasteiger partial charge in [0.05, 0.1) is 6.42 Å². The average Bonchev–Trinajstić information content (AvgIpc) is 2.65. The standard InChI is InChI=1S/C12H16N2OS/c1-14(8-16)5-4-9-2-3-11-10(6-9)7-12(15)13-11/h2-3,6,16H,4-5,7-8H2,1H3,(H,13,15). The monoisotopic (exact) mass is 236 g/mol. The molecule has 0 unspecified atom stereocenters. The molecule has 0 aromatic heterocycles. The molecule has 4 heteroatoms. The maximum atomic E-state index is 11.2. The van der Waals surface area contributed by atoms with Gasteiger partial charge in [-0.25, -0.2) is 0 Å². The number of benzene rings is 1. The summed E-state index contributed by atoms with van der Waals surface area (Å²) < 4.78 is 0. The number of hydrogen-bond donors (Lipinski definition) is 2. The normalized spacial score (nSPS) is 14.1. The molecular weight excluding hydrogens is 220 g/mol. The molecule has 0 fully saturated rings. The van der Waals surface area contributed by atoms with Crippen LogP contribution in [-0.4, -0.2) is 30.3 Å². The second-order valence-corrected chi connectivity index (χ2v) is 4.47. The van der Waals surface area contributed by atoms with E-state index >= 15 is 0 Å². The predicted molar refractivity (Wildman–Crippen MR) is 69.0 cm³/mol. The summed E-state index contributed by atoms with van der Waals surface area (Å²) in [5.74, 6) is 0.866. The molecular formula is C12H16N2OS. The Balaban J connectivity index is 2.02. The third-order valence-electron chi connectivity index (χ3n) is 2.82. The summed E-state index contributed by atoms with van der Waals surface area (Å²) in [6.07, 6.45) is 1.52. The molecule has 1 aromatic carbocycles. The van der Waals surface area contributed by atoms with Gasteiger partial charge in [-0.2, -0.15) is 12.6 Å². The molecule has 3 nitrogen and oxygen atoms in total. The highest BCUT2D eigenvalue weighted by Gasteiger charge is 2.17. The molecule has 0 radical (unpaired) electrons. The summed E-state index contributed by atoms with van der Waals surface area (Å²) in [6, 6.07) is 6.20. The molecule has 1 aliphatic rings. The van der Waals surface area contributed by atoms with E-state index < -0.39 is 0 Å². The van der Waals surface area contributed by atoms with Crippen molar-refractivity contribution in [2.45, 2.75) is 12.8 Å². The third kappa shape index (κ3) is 2.57. The molecule has 0 bridgehead atoms. The Morgan fingerprint density at radius 3 is 3.06 bits per heavy atom. The van der Waals surface area contributed by atoms with E-state index in [9.17, 15) is 4.79 Å². The van der Waals surface area contributed by atoms with Gasteiger partial charge in [-0.05, 0) is 30.7 Å². The van der Waals surface area contributed by atoms with E-state index in [-0.39, 0.29) is 5.91 Å². The zero-order chi connectivity index (χ0) is 11.5. The van der Waals surface area contributed by atoms with Crippen molar-refractivity contribution in [3.05, 3.63) is 29.3 Å². The molecule has 1 N–H and O–H groups in total. The highest BCUT2D eigenvalue weighted by Crippen LogP contribution is 2.23. The molecule has 1 aliphatic heterocycles. The van der Waals surface area contributed by atoms with E-state index in [0.717, 1.165) is 30.1 Å². The second-order valence-electron chi connectivity index (χ2n) is 4.19. The maximum Gasteiger partial charge on any atom is 0.228 e. The van der Waals surface area contributed by atoms with E-state index in [1.807, 2.05) is 13.1 Å². The predicted octanol–water partition coefficient (Wildman–Crippen LogP) is 1.54. The van der Waals surface area contributed by atoms with Gasteiger partial charge in [-0.3, -0.25) is 9.69 Å². The number of nitrogens with one attached hydrogen (secondary N) is 1. The minimum atomic E-state index is 0.0969. The summed E-state index contributed by atoms with van der Waals surface area (Å²) in [4.78, 5) is 13.3. The smallest absolute Gasteiger partial charge is 0.228 e. The van der Waals surface area contributed by atoms with Gasteiger partial charge >= 0.3 is 0 Å². The van der Waals surface area contributed by atoms with Crippen LogP contribution in [0.5, 0.6) is 0 Å². The van der Waals surface area contributed by atoms with Crippen molar-refractivity contribution in [2.75, 3.05) is 24.8 Å². The van der Waals surface area contributed by atoms with Crippen LogP contribution < -0.4 is 5.32 Å². The van der Waals surface area contributed by atoms with Gasteiger partial charge in [0.1, 0.15) is 0 Å². The molecule has 86 valence electrons. The van der Waals surface area contributed by atoms with Crippen LogP contribution in [0.3, 0.4) is 0 Å². The van der Waals surface area contributed by atoms with Crippen LogP contribution >= 0.6 is 12.6 Å². The molecule has 0 atom stereocenters. The lowest BCUT2D eigenvalue weighted by Gasteiger charge is -2.13. The van der Waals surface area contributed by atoms with Crippen molar-refractivity contribution in [1.29, 1.82) is 0 Å².